The van der Waals surface area contributed by atoms with Gasteiger partial charge in [-0.15, -0.1) is 0 Å². The van der Waals surface area contributed by atoms with Crippen LogP contribution >= 0.6 is 0 Å². The Morgan fingerprint density at radius 3 is 2.48 bits per heavy atom. The Labute approximate surface area is 155 Å². The molecule has 0 amide bonds. The van der Waals surface area contributed by atoms with Gasteiger partial charge in [0.1, 0.15) is 11.6 Å². The van der Waals surface area contributed by atoms with E-state index in [9.17, 15) is 9.59 Å². The van der Waals surface area contributed by atoms with E-state index in [1.807, 2.05) is 18.2 Å². The average Bonchev–Trinajstić information content (AvgIpc) is 2.70. The SMILES string of the molecule is COc1ccc(-n2c3c(c(=O)[nH]c2=O)CN(Cc2ccccc2)CN3)cc1. The molecular formula is C20H20N4O3. The van der Waals surface area contributed by atoms with Crippen molar-refractivity contribution >= 4 is 5.82 Å². The summed E-state index contributed by atoms with van der Waals surface area (Å²) in [5, 5.41) is 3.25. The highest BCUT2D eigenvalue weighted by Gasteiger charge is 2.23. The molecule has 1 aliphatic heterocycles. The standard InChI is InChI=1S/C20H20N4O3/c1-27-16-9-7-15(8-10-16)24-18-17(19(25)22-20(24)26)12-23(13-21-18)11-14-5-3-2-4-6-14/h2-10,21H,11-13H2,1H3,(H,22,25,26). The van der Waals surface area contributed by atoms with Crippen LogP contribution in [0.5, 0.6) is 5.75 Å². The van der Waals surface area contributed by atoms with Gasteiger partial charge in [-0.2, -0.15) is 0 Å². The van der Waals surface area contributed by atoms with E-state index in [1.54, 1.807) is 31.4 Å². The Kier molecular flexibility index (Phi) is 4.52. The van der Waals surface area contributed by atoms with Crippen LogP contribution in [-0.4, -0.2) is 28.2 Å². The maximum absolute atomic E-state index is 12.5. The Morgan fingerprint density at radius 1 is 1.04 bits per heavy atom. The first kappa shape index (κ1) is 17.1. The van der Waals surface area contributed by atoms with Gasteiger partial charge in [0.2, 0.25) is 0 Å². The van der Waals surface area contributed by atoms with E-state index in [-0.39, 0.29) is 5.56 Å². The van der Waals surface area contributed by atoms with Crippen LogP contribution in [0.15, 0.2) is 64.2 Å². The summed E-state index contributed by atoms with van der Waals surface area (Å²) in [6.07, 6.45) is 0. The zero-order valence-corrected chi connectivity index (χ0v) is 14.9. The number of methoxy groups -OCH3 is 1. The van der Waals surface area contributed by atoms with Gasteiger partial charge in [0.05, 0.1) is 25.0 Å². The van der Waals surface area contributed by atoms with Crippen molar-refractivity contribution in [2.45, 2.75) is 13.1 Å². The highest BCUT2D eigenvalue weighted by atomic mass is 16.5. The average molecular weight is 364 g/mol. The molecule has 7 heteroatoms. The number of nitrogens with one attached hydrogen (secondary N) is 2. The number of benzene rings is 2. The number of hydrogen-bond acceptors (Lipinski definition) is 5. The van der Waals surface area contributed by atoms with E-state index in [2.05, 4.69) is 27.3 Å². The van der Waals surface area contributed by atoms with Crippen LogP contribution in [0, 0.1) is 0 Å². The monoisotopic (exact) mass is 364 g/mol. The zero-order valence-electron chi connectivity index (χ0n) is 14.9. The summed E-state index contributed by atoms with van der Waals surface area (Å²) in [6.45, 7) is 1.72. The van der Waals surface area contributed by atoms with Gasteiger partial charge >= 0.3 is 5.69 Å². The van der Waals surface area contributed by atoms with Crippen molar-refractivity contribution in [1.29, 1.82) is 0 Å². The zero-order chi connectivity index (χ0) is 18.8. The summed E-state index contributed by atoms with van der Waals surface area (Å²) in [7, 11) is 1.59. The van der Waals surface area contributed by atoms with Gasteiger partial charge in [0.15, 0.2) is 0 Å². The number of aromatic amines is 1. The number of anilines is 1. The molecular weight excluding hydrogens is 344 g/mol. The number of nitrogens with zero attached hydrogens (tertiary/aromatic N) is 2. The van der Waals surface area contributed by atoms with Crippen LogP contribution < -0.4 is 21.3 Å². The second-order valence-electron chi connectivity index (χ2n) is 6.43. The third-order valence-corrected chi connectivity index (χ3v) is 4.64. The van der Waals surface area contributed by atoms with Crippen LogP contribution in [0.4, 0.5) is 5.82 Å². The fourth-order valence-electron chi connectivity index (χ4n) is 3.30. The number of ether oxygens (including phenoxy) is 1. The van der Waals surface area contributed by atoms with Gasteiger partial charge in [-0.05, 0) is 29.8 Å². The van der Waals surface area contributed by atoms with Crippen molar-refractivity contribution in [2.75, 3.05) is 19.1 Å². The van der Waals surface area contributed by atoms with Gasteiger partial charge in [0, 0.05) is 13.1 Å². The molecule has 0 fully saturated rings. The lowest BCUT2D eigenvalue weighted by Crippen LogP contribution is -2.42. The number of aromatic nitrogens is 2. The molecule has 0 bridgehead atoms. The Bertz CT molecular complexity index is 1060. The van der Waals surface area contributed by atoms with Gasteiger partial charge in [-0.1, -0.05) is 30.3 Å². The third kappa shape index (κ3) is 3.37. The lowest BCUT2D eigenvalue weighted by molar-refractivity contribution is 0.263. The first-order valence-corrected chi connectivity index (χ1v) is 8.68. The summed E-state index contributed by atoms with van der Waals surface area (Å²) in [6, 6.07) is 17.2. The fraction of sp³-hybridized carbons (Fsp3) is 0.200. The summed E-state index contributed by atoms with van der Waals surface area (Å²) in [4.78, 5) is 29.4. The van der Waals surface area contributed by atoms with Crippen LogP contribution in [-0.2, 0) is 13.1 Å². The molecule has 0 saturated heterocycles. The van der Waals surface area contributed by atoms with E-state index < -0.39 is 5.69 Å². The van der Waals surface area contributed by atoms with Gasteiger partial charge in [0.25, 0.3) is 5.56 Å². The molecule has 1 aromatic heterocycles. The van der Waals surface area contributed by atoms with Crippen molar-refractivity contribution in [2.24, 2.45) is 0 Å². The molecule has 4 rings (SSSR count). The molecule has 0 radical (unpaired) electrons. The molecule has 27 heavy (non-hydrogen) atoms. The minimum Gasteiger partial charge on any atom is -0.497 e. The molecule has 0 unspecified atom stereocenters. The second kappa shape index (κ2) is 7.13. The Morgan fingerprint density at radius 2 is 1.78 bits per heavy atom. The van der Waals surface area contributed by atoms with Gasteiger partial charge < -0.3 is 10.1 Å². The minimum absolute atomic E-state index is 0.356. The quantitative estimate of drug-likeness (QED) is 0.739. The first-order chi connectivity index (χ1) is 13.2. The van der Waals surface area contributed by atoms with E-state index in [0.717, 1.165) is 0 Å². The molecule has 0 aliphatic carbocycles. The van der Waals surface area contributed by atoms with E-state index in [0.29, 0.717) is 42.6 Å². The molecule has 7 nitrogen and oxygen atoms in total. The molecule has 0 atom stereocenters. The molecule has 3 aromatic rings. The smallest absolute Gasteiger partial charge is 0.334 e. The predicted molar refractivity (Wildman–Crippen MR) is 103 cm³/mol. The van der Waals surface area contributed by atoms with E-state index in [1.165, 1.54) is 10.1 Å². The fourth-order valence-corrected chi connectivity index (χ4v) is 3.30. The van der Waals surface area contributed by atoms with E-state index >= 15 is 0 Å². The number of rotatable bonds is 4. The summed E-state index contributed by atoms with van der Waals surface area (Å²) < 4.78 is 6.67. The topological polar surface area (TPSA) is 79.4 Å². The minimum atomic E-state index is -0.465. The maximum atomic E-state index is 12.5. The molecule has 2 heterocycles. The molecule has 2 aromatic carbocycles. The second-order valence-corrected chi connectivity index (χ2v) is 6.43. The third-order valence-electron chi connectivity index (χ3n) is 4.64. The van der Waals surface area contributed by atoms with E-state index in [4.69, 9.17) is 4.74 Å². The van der Waals surface area contributed by atoms with Crippen molar-refractivity contribution in [3.8, 4) is 11.4 Å². The lowest BCUT2D eigenvalue weighted by Gasteiger charge is -2.30. The largest absolute Gasteiger partial charge is 0.497 e. The van der Waals surface area contributed by atoms with Gasteiger partial charge in [-0.3, -0.25) is 14.7 Å². The predicted octanol–water partition coefficient (Wildman–Crippen LogP) is 1.92. The Hall–Kier alpha value is -3.32. The molecule has 1 aliphatic rings. The van der Waals surface area contributed by atoms with Gasteiger partial charge in [-0.25, -0.2) is 9.36 Å². The van der Waals surface area contributed by atoms with Crippen molar-refractivity contribution in [3.05, 3.63) is 86.6 Å². The first-order valence-electron chi connectivity index (χ1n) is 8.68. The lowest BCUT2D eigenvalue weighted by atomic mass is 10.1. The summed E-state index contributed by atoms with van der Waals surface area (Å²) >= 11 is 0. The molecule has 138 valence electrons. The number of fused-ring (bicyclic) bond motifs is 1. The van der Waals surface area contributed by atoms with Crippen LogP contribution in [0.1, 0.15) is 11.1 Å². The van der Waals surface area contributed by atoms with Crippen LogP contribution in [0.2, 0.25) is 0 Å². The highest BCUT2D eigenvalue weighted by molar-refractivity contribution is 5.52. The molecule has 0 spiro atoms. The van der Waals surface area contributed by atoms with Crippen molar-refractivity contribution in [1.82, 2.24) is 14.5 Å². The van der Waals surface area contributed by atoms with Crippen LogP contribution in [0.25, 0.3) is 5.69 Å². The maximum Gasteiger partial charge on any atom is 0.334 e. The number of H-pyrrole nitrogens is 1. The van der Waals surface area contributed by atoms with Crippen molar-refractivity contribution in [3.63, 3.8) is 0 Å². The number of hydrogen-bond donors (Lipinski definition) is 2. The van der Waals surface area contributed by atoms with Crippen molar-refractivity contribution < 1.29 is 4.74 Å². The normalized spacial score (nSPS) is 13.7. The highest BCUT2D eigenvalue weighted by Crippen LogP contribution is 2.23. The molecule has 0 saturated carbocycles. The Balaban J connectivity index is 1.70. The van der Waals surface area contributed by atoms with Crippen LogP contribution in [0.3, 0.4) is 0 Å². The summed E-state index contributed by atoms with van der Waals surface area (Å²) in [5.74, 6) is 1.24. The molecule has 2 N–H and O–H groups in total. The summed E-state index contributed by atoms with van der Waals surface area (Å²) in [5.41, 5.74) is 1.56.